The zero-order valence-corrected chi connectivity index (χ0v) is 15.9. The van der Waals surface area contributed by atoms with Crippen molar-refractivity contribution in [2.24, 2.45) is 0 Å². The van der Waals surface area contributed by atoms with Crippen LogP contribution in [0.4, 0.5) is 10.1 Å². The summed E-state index contributed by atoms with van der Waals surface area (Å²) in [5.41, 5.74) is 1.91. The van der Waals surface area contributed by atoms with Gasteiger partial charge in [0.25, 0.3) is 5.56 Å². The number of para-hydroxylation sites is 1. The third-order valence-corrected chi connectivity index (χ3v) is 6.89. The molecule has 0 saturated carbocycles. The van der Waals surface area contributed by atoms with Gasteiger partial charge in [0.1, 0.15) is 17.2 Å². The van der Waals surface area contributed by atoms with Gasteiger partial charge >= 0.3 is 0 Å². The molecule has 0 amide bonds. The molecule has 3 heterocycles. The smallest absolute Gasteiger partial charge is 0.260 e. The highest BCUT2D eigenvalue weighted by Gasteiger charge is 2.25. The Morgan fingerprint density at radius 3 is 2.85 bits per heavy atom. The number of hydrogen-bond acceptors (Lipinski definition) is 4. The summed E-state index contributed by atoms with van der Waals surface area (Å²) in [5.74, 6) is 0.602. The van der Waals surface area contributed by atoms with Crippen molar-refractivity contribution in [2.75, 3.05) is 31.1 Å². The minimum atomic E-state index is -0.164. The normalized spacial score (nSPS) is 17.6. The van der Waals surface area contributed by atoms with Gasteiger partial charge in [-0.05, 0) is 37.0 Å². The Balaban J connectivity index is 1.31. The van der Waals surface area contributed by atoms with Crippen LogP contribution in [0.15, 0.2) is 29.1 Å². The number of anilines is 1. The third kappa shape index (κ3) is 3.04. The Morgan fingerprint density at radius 2 is 2.04 bits per heavy atom. The second-order valence-corrected chi connectivity index (χ2v) is 8.50. The van der Waals surface area contributed by atoms with E-state index in [9.17, 15) is 9.18 Å². The van der Waals surface area contributed by atoms with Gasteiger partial charge in [-0.3, -0.25) is 4.79 Å². The van der Waals surface area contributed by atoms with Gasteiger partial charge in [0, 0.05) is 4.88 Å². The zero-order valence-electron chi connectivity index (χ0n) is 15.1. The molecule has 3 aromatic rings. The number of halogens is 1. The van der Waals surface area contributed by atoms with E-state index in [1.807, 2.05) is 12.1 Å². The molecule has 1 aliphatic heterocycles. The number of fused-ring (bicyclic) bond motifs is 3. The molecule has 0 bridgehead atoms. The van der Waals surface area contributed by atoms with E-state index in [0.717, 1.165) is 61.5 Å². The molecule has 140 valence electrons. The van der Waals surface area contributed by atoms with E-state index in [2.05, 4.69) is 9.88 Å². The summed E-state index contributed by atoms with van der Waals surface area (Å²) in [6.07, 6.45) is 3.23. The SMILES string of the molecule is O=c1[nH]c(C[NH+]2CCN(c3ccccc3F)CC2)nc2sc3c(c12)CCC3. The molecule has 1 fully saturated rings. The molecule has 1 aliphatic carbocycles. The lowest BCUT2D eigenvalue weighted by Gasteiger charge is -2.33. The maximum absolute atomic E-state index is 14.0. The van der Waals surface area contributed by atoms with E-state index >= 15 is 0 Å². The van der Waals surface area contributed by atoms with E-state index in [1.165, 1.54) is 21.4 Å². The topological polar surface area (TPSA) is 53.4 Å². The minimum absolute atomic E-state index is 0.0128. The van der Waals surface area contributed by atoms with Crippen LogP contribution in [0.5, 0.6) is 0 Å². The molecule has 2 aliphatic rings. The average molecular weight is 385 g/mol. The predicted octanol–water partition coefficient (Wildman–Crippen LogP) is 1.52. The molecule has 2 N–H and O–H groups in total. The number of thiophene rings is 1. The number of benzene rings is 1. The van der Waals surface area contributed by atoms with Crippen LogP contribution in [0.3, 0.4) is 0 Å². The summed E-state index contributed by atoms with van der Waals surface area (Å²) in [5, 5.41) is 0.815. The number of nitrogens with zero attached hydrogens (tertiary/aromatic N) is 2. The van der Waals surface area contributed by atoms with Crippen LogP contribution >= 0.6 is 11.3 Å². The van der Waals surface area contributed by atoms with Crippen LogP contribution in [0.1, 0.15) is 22.7 Å². The Labute approximate surface area is 160 Å². The fourth-order valence-electron chi connectivity index (χ4n) is 4.32. The van der Waals surface area contributed by atoms with Gasteiger partial charge in [-0.15, -0.1) is 11.3 Å². The van der Waals surface area contributed by atoms with Crippen molar-refractivity contribution in [3.63, 3.8) is 0 Å². The maximum atomic E-state index is 14.0. The van der Waals surface area contributed by atoms with Crippen molar-refractivity contribution in [2.45, 2.75) is 25.8 Å². The van der Waals surface area contributed by atoms with Crippen molar-refractivity contribution >= 4 is 27.2 Å². The quantitative estimate of drug-likeness (QED) is 0.719. The number of nitrogens with one attached hydrogen (secondary N) is 2. The van der Waals surface area contributed by atoms with Crippen LogP contribution in [0.25, 0.3) is 10.2 Å². The van der Waals surface area contributed by atoms with Crippen molar-refractivity contribution in [3.05, 3.63) is 56.7 Å². The number of aromatic amines is 1. The van der Waals surface area contributed by atoms with Crippen LogP contribution < -0.4 is 15.4 Å². The fourth-order valence-corrected chi connectivity index (χ4v) is 5.60. The number of quaternary nitrogens is 1. The minimum Gasteiger partial charge on any atom is -0.358 e. The van der Waals surface area contributed by atoms with Gasteiger partial charge in [-0.2, -0.15) is 0 Å². The first-order valence-electron chi connectivity index (χ1n) is 9.55. The number of aryl methyl sites for hydroxylation is 2. The lowest BCUT2D eigenvalue weighted by Crippen LogP contribution is -3.13. The molecular formula is C20H22FN4OS+. The highest BCUT2D eigenvalue weighted by molar-refractivity contribution is 7.18. The van der Waals surface area contributed by atoms with Crippen molar-refractivity contribution in [3.8, 4) is 0 Å². The van der Waals surface area contributed by atoms with Crippen LogP contribution in [0, 0.1) is 5.82 Å². The van der Waals surface area contributed by atoms with Crippen LogP contribution in [-0.2, 0) is 19.4 Å². The van der Waals surface area contributed by atoms with Crippen molar-refractivity contribution in [1.29, 1.82) is 0 Å². The third-order valence-electron chi connectivity index (χ3n) is 5.71. The van der Waals surface area contributed by atoms with Gasteiger partial charge in [-0.25, -0.2) is 9.37 Å². The maximum Gasteiger partial charge on any atom is 0.260 e. The average Bonchev–Trinajstić information content (AvgIpc) is 3.23. The fraction of sp³-hybridized carbons (Fsp3) is 0.400. The Bertz CT molecular complexity index is 1050. The second-order valence-electron chi connectivity index (χ2n) is 7.42. The summed E-state index contributed by atoms with van der Waals surface area (Å²) >= 11 is 1.69. The van der Waals surface area contributed by atoms with Gasteiger partial charge in [0.15, 0.2) is 5.82 Å². The van der Waals surface area contributed by atoms with Gasteiger partial charge < -0.3 is 14.8 Å². The second kappa shape index (κ2) is 6.73. The molecule has 0 atom stereocenters. The molecule has 0 spiro atoms. The molecule has 5 nitrogen and oxygen atoms in total. The van der Waals surface area contributed by atoms with E-state index in [-0.39, 0.29) is 11.4 Å². The summed E-state index contributed by atoms with van der Waals surface area (Å²) in [6.45, 7) is 4.11. The van der Waals surface area contributed by atoms with Crippen molar-refractivity contribution in [1.82, 2.24) is 9.97 Å². The summed E-state index contributed by atoms with van der Waals surface area (Å²) < 4.78 is 14.0. The number of rotatable bonds is 3. The molecule has 1 saturated heterocycles. The predicted molar refractivity (Wildman–Crippen MR) is 105 cm³/mol. The number of H-pyrrole nitrogens is 1. The highest BCUT2D eigenvalue weighted by atomic mass is 32.1. The first kappa shape index (κ1) is 16.9. The largest absolute Gasteiger partial charge is 0.358 e. The first-order valence-corrected chi connectivity index (χ1v) is 10.4. The molecule has 0 radical (unpaired) electrons. The van der Waals surface area contributed by atoms with E-state index in [0.29, 0.717) is 12.2 Å². The Morgan fingerprint density at radius 1 is 1.22 bits per heavy atom. The zero-order chi connectivity index (χ0) is 18.4. The molecule has 2 aromatic heterocycles. The molecule has 1 aromatic carbocycles. The summed E-state index contributed by atoms with van der Waals surface area (Å²) in [6, 6.07) is 6.94. The van der Waals surface area contributed by atoms with Gasteiger partial charge in [0.05, 0.1) is 37.3 Å². The van der Waals surface area contributed by atoms with Crippen molar-refractivity contribution < 1.29 is 9.29 Å². The highest BCUT2D eigenvalue weighted by Crippen LogP contribution is 2.34. The van der Waals surface area contributed by atoms with Gasteiger partial charge in [-0.1, -0.05) is 12.1 Å². The molecule has 5 rings (SSSR count). The van der Waals surface area contributed by atoms with E-state index < -0.39 is 0 Å². The van der Waals surface area contributed by atoms with E-state index in [4.69, 9.17) is 4.98 Å². The number of piperazine rings is 1. The standard InChI is InChI=1S/C20H21FN4OS/c21-14-5-1-2-6-15(14)25-10-8-24(9-11-25)12-17-22-19(26)18-13-4-3-7-16(13)27-20(18)23-17/h1-2,5-6H,3-4,7-12H2,(H,22,23,26)/p+1. The lowest BCUT2D eigenvalue weighted by atomic mass is 10.2. The summed E-state index contributed by atoms with van der Waals surface area (Å²) in [7, 11) is 0. The van der Waals surface area contributed by atoms with Gasteiger partial charge in [0.2, 0.25) is 0 Å². The first-order chi connectivity index (χ1) is 13.2. The summed E-state index contributed by atoms with van der Waals surface area (Å²) in [4.78, 5) is 26.1. The number of hydrogen-bond donors (Lipinski definition) is 2. The molecular weight excluding hydrogens is 363 g/mol. The lowest BCUT2D eigenvalue weighted by molar-refractivity contribution is -0.915. The molecule has 0 unspecified atom stereocenters. The molecule has 27 heavy (non-hydrogen) atoms. The molecule has 7 heteroatoms. The number of aromatic nitrogens is 2. The van der Waals surface area contributed by atoms with E-state index in [1.54, 1.807) is 17.4 Å². The Hall–Kier alpha value is -2.25. The van der Waals surface area contributed by atoms with Crippen LogP contribution in [0.2, 0.25) is 0 Å². The van der Waals surface area contributed by atoms with Crippen LogP contribution in [-0.4, -0.2) is 36.1 Å². The monoisotopic (exact) mass is 385 g/mol. The Kier molecular flexibility index (Phi) is 4.21.